The van der Waals surface area contributed by atoms with Crippen molar-refractivity contribution in [2.24, 2.45) is 0 Å². The fourth-order valence-electron chi connectivity index (χ4n) is 1.73. The van der Waals surface area contributed by atoms with Gasteiger partial charge in [0.25, 0.3) is 0 Å². The van der Waals surface area contributed by atoms with Crippen molar-refractivity contribution in [1.29, 1.82) is 0 Å². The Bertz CT molecular complexity index is 680. The molecule has 0 bridgehead atoms. The first-order chi connectivity index (χ1) is 10.1. The molecular formula is C16H13ClO4. The second-order valence-electron chi connectivity index (χ2n) is 4.22. The van der Waals surface area contributed by atoms with Crippen LogP contribution in [0, 0.1) is 0 Å². The van der Waals surface area contributed by atoms with Crippen LogP contribution in [0.1, 0.15) is 11.1 Å². The van der Waals surface area contributed by atoms with Gasteiger partial charge < -0.3 is 14.9 Å². The maximum atomic E-state index is 10.5. The Morgan fingerprint density at radius 1 is 1.24 bits per heavy atom. The third-order valence-corrected chi connectivity index (χ3v) is 3.08. The highest BCUT2D eigenvalue weighted by molar-refractivity contribution is 6.32. The number of ether oxygens (including phenoxy) is 1. The molecule has 0 fully saturated rings. The normalized spacial score (nSPS) is 10.8. The van der Waals surface area contributed by atoms with E-state index in [0.717, 1.165) is 6.08 Å². The first kappa shape index (κ1) is 15.1. The Morgan fingerprint density at radius 2 is 2.00 bits per heavy atom. The van der Waals surface area contributed by atoms with Gasteiger partial charge in [-0.3, -0.25) is 0 Å². The Labute approximate surface area is 126 Å². The number of carboxylic acids is 1. The van der Waals surface area contributed by atoms with Crippen molar-refractivity contribution in [2.45, 2.75) is 6.61 Å². The van der Waals surface area contributed by atoms with Crippen LogP contribution in [0.3, 0.4) is 0 Å². The molecule has 0 amide bonds. The number of halogens is 1. The molecule has 0 atom stereocenters. The smallest absolute Gasteiger partial charge is 0.328 e. The van der Waals surface area contributed by atoms with Crippen LogP contribution >= 0.6 is 11.6 Å². The predicted molar refractivity (Wildman–Crippen MR) is 80.6 cm³/mol. The number of hydrogen-bond acceptors (Lipinski definition) is 3. The molecule has 0 aliphatic heterocycles. The summed E-state index contributed by atoms with van der Waals surface area (Å²) in [5.41, 5.74) is 1.25. The van der Waals surface area contributed by atoms with Crippen LogP contribution in [0.4, 0.5) is 0 Å². The zero-order chi connectivity index (χ0) is 15.2. The third kappa shape index (κ3) is 4.08. The molecule has 2 rings (SSSR count). The van der Waals surface area contributed by atoms with Crippen LogP contribution in [-0.4, -0.2) is 16.2 Å². The summed E-state index contributed by atoms with van der Waals surface area (Å²) in [6.45, 7) is -0.122. The monoisotopic (exact) mass is 304 g/mol. The van der Waals surface area contributed by atoms with E-state index < -0.39 is 5.97 Å². The van der Waals surface area contributed by atoms with Crippen molar-refractivity contribution in [1.82, 2.24) is 0 Å². The maximum Gasteiger partial charge on any atom is 0.328 e. The van der Waals surface area contributed by atoms with Gasteiger partial charge in [0.1, 0.15) is 11.5 Å². The van der Waals surface area contributed by atoms with Crippen molar-refractivity contribution in [3.63, 3.8) is 0 Å². The van der Waals surface area contributed by atoms with Gasteiger partial charge >= 0.3 is 5.97 Å². The highest BCUT2D eigenvalue weighted by Crippen LogP contribution is 2.29. The summed E-state index contributed by atoms with van der Waals surface area (Å²) >= 11 is 6.08. The van der Waals surface area contributed by atoms with Gasteiger partial charge in [0.15, 0.2) is 0 Å². The van der Waals surface area contributed by atoms with Gasteiger partial charge in [-0.15, -0.1) is 0 Å². The van der Waals surface area contributed by atoms with Gasteiger partial charge in [-0.25, -0.2) is 4.79 Å². The van der Waals surface area contributed by atoms with Crippen LogP contribution in [0.5, 0.6) is 11.5 Å². The molecule has 0 saturated carbocycles. The lowest BCUT2D eigenvalue weighted by Gasteiger charge is -2.10. The van der Waals surface area contributed by atoms with Crippen LogP contribution < -0.4 is 4.74 Å². The Hall–Kier alpha value is -2.30. The summed E-state index contributed by atoms with van der Waals surface area (Å²) in [7, 11) is 0. The molecule has 108 valence electrons. The number of hydrogen-bond donors (Lipinski definition) is 2. The van der Waals surface area contributed by atoms with Crippen molar-refractivity contribution in [3.8, 4) is 11.5 Å². The third-order valence-electron chi connectivity index (χ3n) is 2.75. The van der Waals surface area contributed by atoms with E-state index in [0.29, 0.717) is 27.6 Å². The predicted octanol–water partition coefficient (Wildman–Crippen LogP) is 3.72. The summed E-state index contributed by atoms with van der Waals surface area (Å²) in [6, 6.07) is 12.1. The van der Waals surface area contributed by atoms with E-state index in [4.69, 9.17) is 21.4 Å². The van der Waals surface area contributed by atoms with E-state index in [-0.39, 0.29) is 6.61 Å². The van der Waals surface area contributed by atoms with Gasteiger partial charge in [0, 0.05) is 11.6 Å². The molecule has 0 aliphatic rings. The second-order valence-corrected chi connectivity index (χ2v) is 4.63. The number of para-hydroxylation sites is 1. The van der Waals surface area contributed by atoms with Crippen LogP contribution in [-0.2, 0) is 11.4 Å². The molecule has 0 aromatic heterocycles. The van der Waals surface area contributed by atoms with Crippen molar-refractivity contribution in [2.75, 3.05) is 0 Å². The number of aliphatic hydroxyl groups excluding tert-OH is 1. The Balaban J connectivity index is 2.22. The largest absolute Gasteiger partial charge is 0.478 e. The summed E-state index contributed by atoms with van der Waals surface area (Å²) in [5, 5.41) is 18.2. The molecule has 2 aromatic carbocycles. The average molecular weight is 305 g/mol. The van der Waals surface area contributed by atoms with Gasteiger partial charge in [-0.1, -0.05) is 29.8 Å². The number of aliphatic carboxylic acids is 1. The van der Waals surface area contributed by atoms with Gasteiger partial charge in [-0.2, -0.15) is 0 Å². The summed E-state index contributed by atoms with van der Waals surface area (Å²) in [6.07, 6.45) is 2.43. The molecule has 0 radical (unpaired) electrons. The molecule has 0 aliphatic carbocycles. The Kier molecular flexibility index (Phi) is 4.98. The molecular weight excluding hydrogens is 292 g/mol. The van der Waals surface area contributed by atoms with E-state index in [1.54, 1.807) is 36.4 Å². The lowest BCUT2D eigenvalue weighted by Crippen LogP contribution is -1.91. The molecule has 0 unspecified atom stereocenters. The summed E-state index contributed by atoms with van der Waals surface area (Å²) < 4.78 is 5.68. The molecule has 5 heteroatoms. The minimum Gasteiger partial charge on any atom is -0.478 e. The Morgan fingerprint density at radius 3 is 2.67 bits per heavy atom. The summed E-state index contributed by atoms with van der Waals surface area (Å²) in [4.78, 5) is 10.5. The number of carbonyl (C=O) groups is 1. The van der Waals surface area contributed by atoms with E-state index in [1.165, 1.54) is 6.08 Å². The fraction of sp³-hybridized carbons (Fsp3) is 0.0625. The minimum atomic E-state index is -1.04. The minimum absolute atomic E-state index is 0.122. The fourth-order valence-corrected chi connectivity index (χ4v) is 1.96. The SMILES string of the molecule is O=C(O)/C=C/c1ccc(Oc2ccccc2CO)cc1Cl. The molecule has 4 nitrogen and oxygen atoms in total. The topological polar surface area (TPSA) is 66.8 Å². The van der Waals surface area contributed by atoms with Crippen LogP contribution in [0.2, 0.25) is 5.02 Å². The van der Waals surface area contributed by atoms with E-state index in [9.17, 15) is 9.90 Å². The zero-order valence-electron chi connectivity index (χ0n) is 11.0. The molecule has 0 spiro atoms. The van der Waals surface area contributed by atoms with E-state index in [2.05, 4.69) is 0 Å². The zero-order valence-corrected chi connectivity index (χ0v) is 11.7. The first-order valence-corrected chi connectivity index (χ1v) is 6.55. The number of benzene rings is 2. The standard InChI is InChI=1S/C16H13ClO4/c17-14-9-13(7-5-11(14)6-8-16(19)20)21-15-4-2-1-3-12(15)10-18/h1-9,18H,10H2,(H,19,20)/b8-6+. The quantitative estimate of drug-likeness (QED) is 0.826. The number of carboxylic acid groups (broad SMARTS) is 1. The molecule has 2 N–H and O–H groups in total. The highest BCUT2D eigenvalue weighted by Gasteiger charge is 2.05. The van der Waals surface area contributed by atoms with Gasteiger partial charge in [0.05, 0.1) is 11.6 Å². The van der Waals surface area contributed by atoms with Crippen LogP contribution in [0.15, 0.2) is 48.5 Å². The van der Waals surface area contributed by atoms with Crippen molar-refractivity contribution < 1.29 is 19.7 Å². The molecule has 21 heavy (non-hydrogen) atoms. The first-order valence-electron chi connectivity index (χ1n) is 6.17. The van der Waals surface area contributed by atoms with E-state index >= 15 is 0 Å². The second kappa shape index (κ2) is 6.92. The molecule has 2 aromatic rings. The molecule has 0 saturated heterocycles. The number of rotatable bonds is 5. The van der Waals surface area contributed by atoms with Gasteiger partial charge in [-0.05, 0) is 35.9 Å². The van der Waals surface area contributed by atoms with E-state index in [1.807, 2.05) is 6.07 Å². The van der Waals surface area contributed by atoms with Crippen molar-refractivity contribution in [3.05, 3.63) is 64.7 Å². The summed E-state index contributed by atoms with van der Waals surface area (Å²) in [5.74, 6) is 0.0153. The number of aliphatic hydroxyl groups is 1. The molecule has 0 heterocycles. The van der Waals surface area contributed by atoms with Gasteiger partial charge in [0.2, 0.25) is 0 Å². The maximum absolute atomic E-state index is 10.5. The lowest BCUT2D eigenvalue weighted by atomic mass is 10.2. The van der Waals surface area contributed by atoms with Crippen molar-refractivity contribution >= 4 is 23.6 Å². The van der Waals surface area contributed by atoms with Crippen LogP contribution in [0.25, 0.3) is 6.08 Å². The highest BCUT2D eigenvalue weighted by atomic mass is 35.5. The lowest BCUT2D eigenvalue weighted by molar-refractivity contribution is -0.131. The average Bonchev–Trinajstić information content (AvgIpc) is 2.47.